The molecular weight excluding hydrogens is 743 g/mol. The monoisotopic (exact) mass is 805 g/mol. The molecule has 0 aliphatic carbocycles. The van der Waals surface area contributed by atoms with Gasteiger partial charge in [0, 0.05) is 74.3 Å². The summed E-state index contributed by atoms with van der Waals surface area (Å²) in [6.45, 7) is 25.3. The van der Waals surface area contributed by atoms with Crippen LogP contribution in [0.1, 0.15) is 116 Å². The number of carbonyl (C=O) groups excluding carboxylic acids is 4. The van der Waals surface area contributed by atoms with Gasteiger partial charge in [0.1, 0.15) is 22.4 Å². The minimum absolute atomic E-state index is 0.0686. The zero-order chi connectivity index (χ0) is 40.9. The van der Waals surface area contributed by atoms with Crippen LogP contribution in [0.3, 0.4) is 0 Å². The van der Waals surface area contributed by atoms with Gasteiger partial charge in [0.25, 0.3) is 0 Å². The molecule has 2 aliphatic rings. The Morgan fingerprint density at radius 2 is 0.982 bits per heavy atom. The van der Waals surface area contributed by atoms with Gasteiger partial charge in [-0.2, -0.15) is 0 Å². The number of hydrogen-bond acceptors (Lipinski definition) is 13. The van der Waals surface area contributed by atoms with Crippen molar-refractivity contribution < 1.29 is 38.1 Å². The molecule has 0 spiro atoms. The van der Waals surface area contributed by atoms with Crippen LogP contribution in [0.25, 0.3) is 0 Å². The molecule has 4 rings (SSSR count). The van der Waals surface area contributed by atoms with Crippen LogP contribution in [-0.4, -0.2) is 92.5 Å². The molecule has 2 fully saturated rings. The van der Waals surface area contributed by atoms with Crippen LogP contribution < -0.4 is 5.32 Å². The number of thiazole rings is 2. The van der Waals surface area contributed by atoms with Crippen LogP contribution in [0, 0.1) is 23.7 Å². The summed E-state index contributed by atoms with van der Waals surface area (Å²) in [4.78, 5) is 67.2. The van der Waals surface area contributed by atoms with E-state index in [9.17, 15) is 19.2 Å². The summed E-state index contributed by atoms with van der Waals surface area (Å²) < 4.78 is 22.8. The predicted molar refractivity (Wildman–Crippen MR) is 213 cm³/mol. The van der Waals surface area contributed by atoms with Crippen LogP contribution in [0.4, 0.5) is 9.59 Å². The van der Waals surface area contributed by atoms with Gasteiger partial charge in [0.05, 0.1) is 21.9 Å². The first-order valence-electron chi connectivity index (χ1n) is 19.3. The Bertz CT molecular complexity index is 1510. The molecule has 0 bridgehead atoms. The van der Waals surface area contributed by atoms with Crippen LogP contribution in [0.15, 0.2) is 12.4 Å². The van der Waals surface area contributed by atoms with E-state index in [1.807, 2.05) is 95.5 Å². The maximum Gasteiger partial charge on any atom is 0.410 e. The number of nitrogens with zero attached hydrogens (tertiary/aromatic N) is 4. The molecule has 13 nitrogen and oxygen atoms in total. The van der Waals surface area contributed by atoms with Crippen molar-refractivity contribution in [1.29, 1.82) is 0 Å². The summed E-state index contributed by atoms with van der Waals surface area (Å²) in [5.74, 6) is -1.57. The lowest BCUT2D eigenvalue weighted by atomic mass is 9.88. The first-order valence-corrected chi connectivity index (χ1v) is 21.0. The van der Waals surface area contributed by atoms with Crippen molar-refractivity contribution in [3.63, 3.8) is 0 Å². The molecule has 4 heterocycles. The summed E-state index contributed by atoms with van der Waals surface area (Å²) in [6.07, 6.45) is 5.18. The number of amides is 2. The van der Waals surface area contributed by atoms with Crippen molar-refractivity contribution >= 4 is 46.8 Å². The van der Waals surface area contributed by atoms with Crippen molar-refractivity contribution in [1.82, 2.24) is 25.1 Å². The zero-order valence-electron chi connectivity index (χ0n) is 34.9. The van der Waals surface area contributed by atoms with E-state index >= 15 is 0 Å². The molecule has 2 saturated heterocycles. The number of aromatic nitrogens is 2. The SMILES string of the molecule is CC(C)(C)OC(=O)[C@@H](Cc1ncc(CNCc2cnc(C[C@H](C(=O)OC(C)(C)C)[C@H]3CCN(C(=O)OC(C)(C)C)C3)s2)s1)[C@H]1CCN(C(=O)OC(C)(C)C)C1. The number of nitrogens with one attached hydrogen (secondary N) is 1. The van der Waals surface area contributed by atoms with Gasteiger partial charge >= 0.3 is 24.1 Å². The highest BCUT2D eigenvalue weighted by molar-refractivity contribution is 7.11. The number of ether oxygens (including phenoxy) is 4. The second kappa shape index (κ2) is 17.9. The van der Waals surface area contributed by atoms with Crippen LogP contribution >= 0.6 is 22.7 Å². The standard InChI is InChI=1S/C40H63N5O8S2/c1-37(2,3)50-33(46)29(25-13-15-44(23-25)35(48)52-39(7,8)9)17-31-42-21-27(54-31)19-41-20-28-22-43-32(55-28)18-30(34(47)51-38(4,5)6)26-14-16-45(24-26)36(49)53-40(10,11)12/h21-22,25-26,29-30,41H,13-20,23-24H2,1-12H3/t25-,26-,29-,30-/m0/s1. The van der Waals surface area contributed by atoms with Gasteiger partial charge in [-0.15, -0.1) is 22.7 Å². The molecule has 0 aromatic carbocycles. The molecule has 0 unspecified atom stereocenters. The Balaban J connectivity index is 1.35. The van der Waals surface area contributed by atoms with E-state index in [0.717, 1.165) is 19.8 Å². The Morgan fingerprint density at radius 3 is 1.31 bits per heavy atom. The molecule has 308 valence electrons. The van der Waals surface area contributed by atoms with E-state index in [1.165, 1.54) is 0 Å². The molecular formula is C40H63N5O8S2. The number of likely N-dealkylation sites (tertiary alicyclic amines) is 2. The van der Waals surface area contributed by atoms with E-state index in [4.69, 9.17) is 18.9 Å². The van der Waals surface area contributed by atoms with Gasteiger partial charge in [-0.3, -0.25) is 9.59 Å². The fourth-order valence-corrected chi connectivity index (χ4v) is 8.49. The Labute approximate surface area is 335 Å². The fourth-order valence-electron chi connectivity index (χ4n) is 6.59. The Morgan fingerprint density at radius 1 is 0.636 bits per heavy atom. The predicted octanol–water partition coefficient (Wildman–Crippen LogP) is 7.40. The number of carbonyl (C=O) groups is 4. The van der Waals surface area contributed by atoms with E-state index in [1.54, 1.807) is 32.5 Å². The largest absolute Gasteiger partial charge is 0.460 e. The molecule has 15 heteroatoms. The number of esters is 2. The average Bonchev–Trinajstić information content (AvgIpc) is 3.83. The van der Waals surface area contributed by atoms with Gasteiger partial charge in [0.15, 0.2) is 0 Å². The van der Waals surface area contributed by atoms with Crippen molar-refractivity contribution in [2.75, 3.05) is 26.2 Å². The average molecular weight is 806 g/mol. The topological polar surface area (TPSA) is 149 Å². The highest BCUT2D eigenvalue weighted by Gasteiger charge is 2.41. The van der Waals surface area contributed by atoms with Gasteiger partial charge in [-0.25, -0.2) is 19.6 Å². The fraction of sp³-hybridized carbons (Fsp3) is 0.750. The maximum atomic E-state index is 13.5. The lowest BCUT2D eigenvalue weighted by Gasteiger charge is -2.27. The smallest absolute Gasteiger partial charge is 0.410 e. The molecule has 2 aromatic rings. The van der Waals surface area contributed by atoms with Crippen molar-refractivity contribution in [2.45, 2.75) is 144 Å². The van der Waals surface area contributed by atoms with E-state index in [0.29, 0.717) is 65.0 Å². The molecule has 1 N–H and O–H groups in total. The first-order chi connectivity index (χ1) is 25.3. The summed E-state index contributed by atoms with van der Waals surface area (Å²) >= 11 is 3.12. The third kappa shape index (κ3) is 14.6. The summed E-state index contributed by atoms with van der Waals surface area (Å²) in [7, 11) is 0. The third-order valence-corrected chi connectivity index (χ3v) is 10.9. The van der Waals surface area contributed by atoms with Gasteiger partial charge in [0.2, 0.25) is 0 Å². The van der Waals surface area contributed by atoms with Gasteiger partial charge in [-0.1, -0.05) is 0 Å². The molecule has 4 atom stereocenters. The molecule has 2 amide bonds. The summed E-state index contributed by atoms with van der Waals surface area (Å²) in [6, 6.07) is 0. The minimum atomic E-state index is -0.636. The molecule has 0 saturated carbocycles. The Hall–Kier alpha value is -3.30. The van der Waals surface area contributed by atoms with Crippen molar-refractivity contribution in [3.8, 4) is 0 Å². The summed E-state index contributed by atoms with van der Waals surface area (Å²) in [5, 5.41) is 5.17. The zero-order valence-corrected chi connectivity index (χ0v) is 36.5. The second-order valence-electron chi connectivity index (χ2n) is 18.7. The maximum absolute atomic E-state index is 13.5. The number of rotatable bonds is 12. The normalized spacial score (nSPS) is 19.3. The minimum Gasteiger partial charge on any atom is -0.460 e. The lowest BCUT2D eigenvalue weighted by molar-refractivity contribution is -0.163. The Kier molecular flexibility index (Phi) is 14.4. The quantitative estimate of drug-likeness (QED) is 0.169. The molecule has 0 radical (unpaired) electrons. The van der Waals surface area contributed by atoms with E-state index in [2.05, 4.69) is 15.3 Å². The van der Waals surface area contributed by atoms with Crippen molar-refractivity contribution in [3.05, 3.63) is 32.2 Å². The van der Waals surface area contributed by atoms with Gasteiger partial charge in [-0.05, 0) is 108 Å². The first kappa shape index (κ1) is 44.4. The van der Waals surface area contributed by atoms with Gasteiger partial charge < -0.3 is 34.1 Å². The molecule has 55 heavy (non-hydrogen) atoms. The molecule has 2 aliphatic heterocycles. The summed E-state index contributed by atoms with van der Waals surface area (Å²) in [5.41, 5.74) is -2.46. The highest BCUT2D eigenvalue weighted by atomic mass is 32.1. The van der Waals surface area contributed by atoms with Crippen molar-refractivity contribution in [2.24, 2.45) is 23.7 Å². The van der Waals surface area contributed by atoms with Crippen LogP contribution in [0.5, 0.6) is 0 Å². The molecule has 2 aromatic heterocycles. The van der Waals surface area contributed by atoms with E-state index < -0.39 is 34.2 Å². The lowest BCUT2D eigenvalue weighted by Crippen LogP contribution is -2.38. The van der Waals surface area contributed by atoms with Crippen LogP contribution in [-0.2, 0) is 54.5 Å². The van der Waals surface area contributed by atoms with Crippen LogP contribution in [0.2, 0.25) is 0 Å². The highest BCUT2D eigenvalue weighted by Crippen LogP contribution is 2.33. The third-order valence-electron chi connectivity index (χ3n) is 8.90. The number of hydrogen-bond donors (Lipinski definition) is 1. The second-order valence-corrected chi connectivity index (χ2v) is 21.1. The van der Waals surface area contributed by atoms with E-state index in [-0.39, 0.29) is 36.0 Å².